The van der Waals surface area contributed by atoms with Crippen molar-refractivity contribution in [2.24, 2.45) is 5.84 Å². The number of rotatable bonds is 4. The second kappa shape index (κ2) is 4.84. The van der Waals surface area contributed by atoms with Gasteiger partial charge in [-0.2, -0.15) is 0 Å². The summed E-state index contributed by atoms with van der Waals surface area (Å²) < 4.78 is 0. The number of nitrogen functional groups attached to an aromatic ring is 1. The fraction of sp³-hybridized carbons (Fsp3) is 0.400. The van der Waals surface area contributed by atoms with Gasteiger partial charge in [-0.1, -0.05) is 18.2 Å². The Bertz CT molecular complexity index is 261. The quantitative estimate of drug-likeness (QED) is 0.483. The van der Waals surface area contributed by atoms with Crippen molar-refractivity contribution in [3.8, 4) is 0 Å². The molecule has 0 spiro atoms. The highest BCUT2D eigenvalue weighted by Crippen LogP contribution is 2.15. The first-order valence-electron chi connectivity index (χ1n) is 4.46. The number of hydrogen-bond donors (Lipinski definition) is 3. The van der Waals surface area contributed by atoms with Gasteiger partial charge in [-0.15, -0.1) is 0 Å². The lowest BCUT2D eigenvalue weighted by Gasteiger charge is -2.09. The molecule has 0 fully saturated rings. The van der Waals surface area contributed by atoms with Crippen molar-refractivity contribution in [2.45, 2.75) is 25.9 Å². The number of aryl methyl sites for hydroxylation is 1. The summed E-state index contributed by atoms with van der Waals surface area (Å²) in [5.74, 6) is 5.34. The van der Waals surface area contributed by atoms with Crippen molar-refractivity contribution in [1.29, 1.82) is 0 Å². The predicted octanol–water partition coefficient (Wildman–Crippen LogP) is 1.29. The fourth-order valence-corrected chi connectivity index (χ4v) is 1.24. The van der Waals surface area contributed by atoms with Gasteiger partial charge in [0, 0.05) is 0 Å². The zero-order valence-electron chi connectivity index (χ0n) is 7.83. The summed E-state index contributed by atoms with van der Waals surface area (Å²) in [6.07, 6.45) is 1.35. The maximum atomic E-state index is 9.13. The van der Waals surface area contributed by atoms with Crippen molar-refractivity contribution >= 4 is 5.69 Å². The van der Waals surface area contributed by atoms with E-state index in [1.807, 2.05) is 24.3 Å². The van der Waals surface area contributed by atoms with Gasteiger partial charge in [0.15, 0.2) is 0 Å². The highest BCUT2D eigenvalue weighted by Gasteiger charge is 2.01. The number of nitrogens with two attached hydrogens (primary N) is 1. The molecule has 72 valence electrons. The Labute approximate surface area is 78.5 Å². The molecule has 4 N–H and O–H groups in total. The second-order valence-corrected chi connectivity index (χ2v) is 3.19. The van der Waals surface area contributed by atoms with Gasteiger partial charge in [-0.05, 0) is 31.4 Å². The normalized spacial score (nSPS) is 12.5. The molecule has 0 amide bonds. The van der Waals surface area contributed by atoms with E-state index in [9.17, 15) is 0 Å². The van der Waals surface area contributed by atoms with E-state index in [-0.39, 0.29) is 6.10 Å². The van der Waals surface area contributed by atoms with Crippen LogP contribution in [0.5, 0.6) is 0 Å². The Hall–Kier alpha value is -1.06. The molecule has 0 bridgehead atoms. The molecule has 0 radical (unpaired) electrons. The topological polar surface area (TPSA) is 58.3 Å². The summed E-state index contributed by atoms with van der Waals surface area (Å²) in [6.45, 7) is 1.79. The molecule has 0 aliphatic heterocycles. The van der Waals surface area contributed by atoms with Gasteiger partial charge in [0.25, 0.3) is 0 Å². The molecule has 3 nitrogen and oxygen atoms in total. The third-order valence-electron chi connectivity index (χ3n) is 2.00. The first-order valence-corrected chi connectivity index (χ1v) is 4.46. The summed E-state index contributed by atoms with van der Waals surface area (Å²) in [6, 6.07) is 7.84. The fourth-order valence-electron chi connectivity index (χ4n) is 1.24. The lowest BCUT2D eigenvalue weighted by Crippen LogP contribution is -2.10. The molecule has 1 aromatic rings. The van der Waals surface area contributed by atoms with Gasteiger partial charge in [0.1, 0.15) is 0 Å². The molecular weight excluding hydrogens is 164 g/mol. The van der Waals surface area contributed by atoms with Crippen molar-refractivity contribution in [2.75, 3.05) is 5.43 Å². The van der Waals surface area contributed by atoms with E-state index in [4.69, 9.17) is 10.9 Å². The van der Waals surface area contributed by atoms with Crippen molar-refractivity contribution in [1.82, 2.24) is 0 Å². The van der Waals surface area contributed by atoms with Gasteiger partial charge in [0.2, 0.25) is 0 Å². The Morgan fingerprint density at radius 1 is 1.46 bits per heavy atom. The van der Waals surface area contributed by atoms with Crippen LogP contribution in [0.15, 0.2) is 24.3 Å². The number of hydrazine groups is 1. The minimum absolute atomic E-state index is 0.258. The van der Waals surface area contributed by atoms with Crippen LogP contribution < -0.4 is 11.3 Å². The Balaban J connectivity index is 2.64. The van der Waals surface area contributed by atoms with Crippen molar-refractivity contribution < 1.29 is 5.11 Å². The SMILES string of the molecule is CC(O)CCc1ccccc1NN. The summed E-state index contributed by atoms with van der Waals surface area (Å²) in [4.78, 5) is 0. The smallest absolute Gasteiger partial charge is 0.0517 e. The molecule has 13 heavy (non-hydrogen) atoms. The molecule has 3 heteroatoms. The maximum Gasteiger partial charge on any atom is 0.0517 e. The molecule has 0 aliphatic rings. The van der Waals surface area contributed by atoms with E-state index in [0.29, 0.717) is 0 Å². The van der Waals surface area contributed by atoms with Crippen molar-refractivity contribution in [3.05, 3.63) is 29.8 Å². The van der Waals surface area contributed by atoms with Gasteiger partial charge in [-0.25, -0.2) is 0 Å². The van der Waals surface area contributed by atoms with Crippen LogP contribution in [0.25, 0.3) is 0 Å². The number of aliphatic hydroxyl groups excluding tert-OH is 1. The molecule has 1 aromatic carbocycles. The highest BCUT2D eigenvalue weighted by atomic mass is 16.3. The van der Waals surface area contributed by atoms with Crippen LogP contribution in [0.4, 0.5) is 5.69 Å². The Kier molecular flexibility index (Phi) is 3.73. The number of aliphatic hydroxyl groups is 1. The second-order valence-electron chi connectivity index (χ2n) is 3.19. The van der Waals surface area contributed by atoms with Gasteiger partial charge in [-0.3, -0.25) is 5.84 Å². The first kappa shape index (κ1) is 10.0. The van der Waals surface area contributed by atoms with Crippen LogP contribution in [0, 0.1) is 0 Å². The number of hydrogen-bond acceptors (Lipinski definition) is 3. The Morgan fingerprint density at radius 3 is 2.77 bits per heavy atom. The first-order chi connectivity index (χ1) is 6.24. The van der Waals surface area contributed by atoms with E-state index in [2.05, 4.69) is 5.43 Å². The highest BCUT2D eigenvalue weighted by molar-refractivity contribution is 5.49. The Morgan fingerprint density at radius 2 is 2.15 bits per heavy atom. The lowest BCUT2D eigenvalue weighted by molar-refractivity contribution is 0.185. The predicted molar refractivity (Wildman–Crippen MR) is 54.3 cm³/mol. The van der Waals surface area contributed by atoms with Crippen LogP contribution in [0.2, 0.25) is 0 Å². The number of benzene rings is 1. The van der Waals surface area contributed by atoms with Gasteiger partial charge in [0.05, 0.1) is 11.8 Å². The monoisotopic (exact) mass is 180 g/mol. The molecule has 0 aromatic heterocycles. The summed E-state index contributed by atoms with van der Waals surface area (Å²) in [5, 5.41) is 9.13. The molecule has 1 unspecified atom stereocenters. The minimum Gasteiger partial charge on any atom is -0.393 e. The molecule has 0 heterocycles. The number of anilines is 1. The van der Waals surface area contributed by atoms with Gasteiger partial charge >= 0.3 is 0 Å². The van der Waals surface area contributed by atoms with Crippen LogP contribution in [0.1, 0.15) is 18.9 Å². The van der Waals surface area contributed by atoms with Crippen LogP contribution in [0.3, 0.4) is 0 Å². The minimum atomic E-state index is -0.258. The number of para-hydroxylation sites is 1. The van der Waals surface area contributed by atoms with E-state index >= 15 is 0 Å². The molecular formula is C10H16N2O. The standard InChI is InChI=1S/C10H16N2O/c1-8(13)6-7-9-4-2-3-5-10(9)12-11/h2-5,8,12-13H,6-7,11H2,1H3. The molecule has 1 atom stereocenters. The van der Waals surface area contributed by atoms with Crippen LogP contribution in [-0.2, 0) is 6.42 Å². The maximum absolute atomic E-state index is 9.13. The molecule has 1 rings (SSSR count). The van der Waals surface area contributed by atoms with Crippen LogP contribution >= 0.6 is 0 Å². The summed E-state index contributed by atoms with van der Waals surface area (Å²) >= 11 is 0. The average molecular weight is 180 g/mol. The molecule has 0 aliphatic carbocycles. The summed E-state index contributed by atoms with van der Waals surface area (Å²) in [5.41, 5.74) is 4.72. The van der Waals surface area contributed by atoms with E-state index in [1.165, 1.54) is 0 Å². The molecule has 0 saturated carbocycles. The zero-order chi connectivity index (χ0) is 9.68. The van der Waals surface area contributed by atoms with E-state index in [1.54, 1.807) is 6.92 Å². The molecule has 0 saturated heterocycles. The number of nitrogens with one attached hydrogen (secondary N) is 1. The summed E-state index contributed by atoms with van der Waals surface area (Å²) in [7, 11) is 0. The third-order valence-corrected chi connectivity index (χ3v) is 2.00. The van der Waals surface area contributed by atoms with E-state index in [0.717, 1.165) is 24.1 Å². The third kappa shape index (κ3) is 3.05. The zero-order valence-corrected chi connectivity index (χ0v) is 7.83. The van der Waals surface area contributed by atoms with Crippen molar-refractivity contribution in [3.63, 3.8) is 0 Å². The average Bonchev–Trinajstić information content (AvgIpc) is 2.15. The van der Waals surface area contributed by atoms with E-state index < -0.39 is 0 Å². The largest absolute Gasteiger partial charge is 0.393 e. The van der Waals surface area contributed by atoms with Crippen LogP contribution in [-0.4, -0.2) is 11.2 Å². The van der Waals surface area contributed by atoms with Gasteiger partial charge < -0.3 is 10.5 Å². The lowest BCUT2D eigenvalue weighted by atomic mass is 10.1.